The van der Waals surface area contributed by atoms with Crippen LogP contribution in [-0.4, -0.2) is 13.1 Å². The zero-order valence-electron chi connectivity index (χ0n) is 12.4. The quantitative estimate of drug-likeness (QED) is 0.745. The van der Waals surface area contributed by atoms with Crippen molar-refractivity contribution < 1.29 is 4.39 Å². The zero-order chi connectivity index (χ0) is 15.2. The highest BCUT2D eigenvalue weighted by Gasteiger charge is 2.17. The van der Waals surface area contributed by atoms with Crippen LogP contribution >= 0.6 is 22.9 Å². The Labute approximate surface area is 135 Å². The van der Waals surface area contributed by atoms with E-state index in [0.717, 1.165) is 29.4 Å². The highest BCUT2D eigenvalue weighted by atomic mass is 35.5. The van der Waals surface area contributed by atoms with Gasteiger partial charge in [-0.05, 0) is 42.6 Å². The van der Waals surface area contributed by atoms with Crippen molar-refractivity contribution >= 4 is 22.9 Å². The summed E-state index contributed by atoms with van der Waals surface area (Å²) in [5, 5.41) is 3.44. The molecule has 114 valence electrons. The number of hydrogen-bond donors (Lipinski definition) is 1. The second kappa shape index (κ2) is 7.92. The normalized spacial score (nSPS) is 12.8. The van der Waals surface area contributed by atoms with Crippen molar-refractivity contribution in [2.45, 2.75) is 26.2 Å². The van der Waals surface area contributed by atoms with Gasteiger partial charge in [-0.1, -0.05) is 43.6 Å². The number of thiophene rings is 1. The summed E-state index contributed by atoms with van der Waals surface area (Å²) in [6.45, 7) is 6.05. The van der Waals surface area contributed by atoms with Crippen LogP contribution in [0.2, 0.25) is 4.34 Å². The fourth-order valence-electron chi connectivity index (χ4n) is 2.35. The molecule has 1 unspecified atom stereocenters. The molecule has 0 spiro atoms. The minimum absolute atomic E-state index is 0.125. The first kappa shape index (κ1) is 16.5. The maximum absolute atomic E-state index is 14.1. The number of rotatable bonds is 7. The Morgan fingerprint density at radius 2 is 1.90 bits per heavy atom. The van der Waals surface area contributed by atoms with E-state index in [1.807, 2.05) is 24.3 Å². The van der Waals surface area contributed by atoms with E-state index in [2.05, 4.69) is 19.2 Å². The van der Waals surface area contributed by atoms with Gasteiger partial charge in [0.05, 0.1) is 4.34 Å². The van der Waals surface area contributed by atoms with Crippen LogP contribution in [0.1, 0.15) is 30.2 Å². The molecule has 0 amide bonds. The third-order valence-corrected chi connectivity index (χ3v) is 4.62. The zero-order valence-corrected chi connectivity index (χ0v) is 14.0. The summed E-state index contributed by atoms with van der Waals surface area (Å²) in [5.74, 6) is 0.582. The topological polar surface area (TPSA) is 12.0 Å². The molecule has 2 rings (SSSR count). The lowest BCUT2D eigenvalue weighted by atomic mass is 9.94. The van der Waals surface area contributed by atoms with Gasteiger partial charge in [-0.3, -0.25) is 0 Å². The summed E-state index contributed by atoms with van der Waals surface area (Å²) in [4.78, 5) is 1.19. The van der Waals surface area contributed by atoms with Gasteiger partial charge in [0.1, 0.15) is 5.82 Å². The molecule has 0 saturated heterocycles. The number of hydrogen-bond acceptors (Lipinski definition) is 2. The molecule has 1 N–H and O–H groups in total. The summed E-state index contributed by atoms with van der Waals surface area (Å²) in [6, 6.07) is 11.0. The maximum Gasteiger partial charge on any atom is 0.126 e. The van der Waals surface area contributed by atoms with Crippen molar-refractivity contribution in [1.82, 2.24) is 5.32 Å². The van der Waals surface area contributed by atoms with E-state index in [4.69, 9.17) is 11.6 Å². The van der Waals surface area contributed by atoms with E-state index in [1.165, 1.54) is 10.9 Å². The third-order valence-electron chi connectivity index (χ3n) is 3.36. The second-order valence-corrected chi connectivity index (χ2v) is 7.48. The van der Waals surface area contributed by atoms with Gasteiger partial charge in [-0.25, -0.2) is 4.39 Å². The lowest BCUT2D eigenvalue weighted by Gasteiger charge is -2.19. The molecule has 0 radical (unpaired) electrons. The van der Waals surface area contributed by atoms with E-state index in [0.29, 0.717) is 5.92 Å². The molecule has 0 bridgehead atoms. The van der Waals surface area contributed by atoms with Crippen molar-refractivity contribution in [2.75, 3.05) is 13.1 Å². The van der Waals surface area contributed by atoms with Crippen LogP contribution in [0.25, 0.3) is 0 Å². The summed E-state index contributed by atoms with van der Waals surface area (Å²) < 4.78 is 14.9. The minimum Gasteiger partial charge on any atom is -0.316 e. The number of halogens is 2. The largest absolute Gasteiger partial charge is 0.316 e. The van der Waals surface area contributed by atoms with Crippen LogP contribution in [0.5, 0.6) is 0 Å². The molecule has 1 heterocycles. The van der Waals surface area contributed by atoms with Crippen LogP contribution in [0.4, 0.5) is 4.39 Å². The average molecular weight is 326 g/mol. The molecule has 1 nitrogen and oxygen atoms in total. The Morgan fingerprint density at radius 1 is 1.14 bits per heavy atom. The Balaban J connectivity index is 2.12. The lowest BCUT2D eigenvalue weighted by Crippen LogP contribution is -2.26. The monoisotopic (exact) mass is 325 g/mol. The summed E-state index contributed by atoms with van der Waals surface area (Å²) in [6.07, 6.45) is 0.809. The molecule has 2 aromatic rings. The van der Waals surface area contributed by atoms with E-state index in [1.54, 1.807) is 17.4 Å². The molecule has 4 heteroatoms. The predicted octanol–water partition coefficient (Wildman–Crippen LogP) is 5.11. The van der Waals surface area contributed by atoms with E-state index in [-0.39, 0.29) is 11.7 Å². The first-order chi connectivity index (χ1) is 10.1. The first-order valence-corrected chi connectivity index (χ1v) is 8.45. The van der Waals surface area contributed by atoms with Gasteiger partial charge in [0.2, 0.25) is 0 Å². The molecule has 1 aromatic heterocycles. The van der Waals surface area contributed by atoms with Crippen LogP contribution in [0.3, 0.4) is 0 Å². The van der Waals surface area contributed by atoms with Gasteiger partial charge in [0.25, 0.3) is 0 Å². The van der Waals surface area contributed by atoms with Crippen molar-refractivity contribution in [3.8, 4) is 0 Å². The smallest absolute Gasteiger partial charge is 0.126 e. The molecule has 0 saturated carbocycles. The minimum atomic E-state index is -0.128. The number of benzene rings is 1. The summed E-state index contributed by atoms with van der Waals surface area (Å²) >= 11 is 7.57. The molecule has 1 aromatic carbocycles. The SMILES string of the molecule is CC(C)CNCC(Cc1ccc(Cl)s1)c1ccccc1F. The molecule has 0 aliphatic rings. The summed E-state index contributed by atoms with van der Waals surface area (Å²) in [5.41, 5.74) is 0.776. The Kier molecular flexibility index (Phi) is 6.22. The first-order valence-electron chi connectivity index (χ1n) is 7.25. The second-order valence-electron chi connectivity index (χ2n) is 5.68. The fraction of sp³-hybridized carbons (Fsp3) is 0.412. The maximum atomic E-state index is 14.1. The fourth-order valence-corrected chi connectivity index (χ4v) is 3.52. The van der Waals surface area contributed by atoms with Crippen molar-refractivity contribution in [2.24, 2.45) is 5.92 Å². The van der Waals surface area contributed by atoms with Crippen LogP contribution in [0, 0.1) is 11.7 Å². The van der Waals surface area contributed by atoms with E-state index in [9.17, 15) is 4.39 Å². The van der Waals surface area contributed by atoms with Gasteiger partial charge >= 0.3 is 0 Å². The Hall–Kier alpha value is -0.900. The van der Waals surface area contributed by atoms with Crippen molar-refractivity contribution in [1.29, 1.82) is 0 Å². The summed E-state index contributed by atoms with van der Waals surface area (Å²) in [7, 11) is 0. The van der Waals surface area contributed by atoms with E-state index >= 15 is 0 Å². The molecular weight excluding hydrogens is 305 g/mol. The molecule has 21 heavy (non-hydrogen) atoms. The van der Waals surface area contributed by atoms with Crippen molar-refractivity contribution in [3.05, 3.63) is 57.0 Å². The van der Waals surface area contributed by atoms with Crippen LogP contribution in [0.15, 0.2) is 36.4 Å². The third kappa shape index (κ3) is 5.10. The molecule has 0 aliphatic carbocycles. The van der Waals surface area contributed by atoms with Gasteiger partial charge in [-0.2, -0.15) is 0 Å². The highest BCUT2D eigenvalue weighted by Crippen LogP contribution is 2.28. The number of nitrogens with one attached hydrogen (secondary N) is 1. The molecule has 0 fully saturated rings. The van der Waals surface area contributed by atoms with Gasteiger partial charge in [-0.15, -0.1) is 11.3 Å². The molecular formula is C17H21ClFNS. The molecule has 0 aliphatic heterocycles. The average Bonchev–Trinajstić information content (AvgIpc) is 2.83. The van der Waals surface area contributed by atoms with Gasteiger partial charge < -0.3 is 5.32 Å². The Bertz CT molecular complexity index is 567. The van der Waals surface area contributed by atoms with Crippen LogP contribution in [-0.2, 0) is 6.42 Å². The van der Waals surface area contributed by atoms with Crippen LogP contribution < -0.4 is 5.32 Å². The highest BCUT2D eigenvalue weighted by molar-refractivity contribution is 7.16. The standard InChI is InChI=1S/C17H21ClFNS/c1-12(2)10-20-11-13(9-14-7-8-17(18)21-14)15-5-3-4-6-16(15)19/h3-8,12-13,20H,9-11H2,1-2H3. The predicted molar refractivity (Wildman–Crippen MR) is 89.9 cm³/mol. The van der Waals surface area contributed by atoms with Gasteiger partial charge in [0.15, 0.2) is 0 Å². The molecule has 1 atom stereocenters. The lowest BCUT2D eigenvalue weighted by molar-refractivity contribution is 0.500. The Morgan fingerprint density at radius 3 is 2.52 bits per heavy atom. The van der Waals surface area contributed by atoms with Gasteiger partial charge in [0, 0.05) is 17.3 Å². The van der Waals surface area contributed by atoms with E-state index < -0.39 is 0 Å². The van der Waals surface area contributed by atoms with Crippen molar-refractivity contribution in [3.63, 3.8) is 0 Å².